The summed E-state index contributed by atoms with van der Waals surface area (Å²) in [6.07, 6.45) is 3.22. The largest absolute Gasteiger partial charge is 0.326 e. The molecule has 3 heterocycles. The molecule has 0 saturated heterocycles. The number of nitrogens with zero attached hydrogens (tertiary/aromatic N) is 2. The standard InChI is InChI=1S/C19H21N5O3S2/c1-8-4-5-11-12(6-8)29-18-14(11)17(21-10(3)22-18)28-7-13(25)23-15-9(2)20-19(27)24-16(15)26/h8H,4-7H2,1-3H3,(H,23,25)(H2,20,24,26,27). The molecule has 1 atom stereocenters. The molecule has 3 N–H and O–H groups in total. The fraction of sp³-hybridized carbons (Fsp3) is 0.421. The van der Waals surface area contributed by atoms with Crippen LogP contribution in [0.3, 0.4) is 0 Å². The second kappa shape index (κ2) is 7.75. The number of anilines is 1. The molecule has 29 heavy (non-hydrogen) atoms. The lowest BCUT2D eigenvalue weighted by molar-refractivity contribution is -0.113. The van der Waals surface area contributed by atoms with Gasteiger partial charge >= 0.3 is 5.69 Å². The molecule has 0 spiro atoms. The van der Waals surface area contributed by atoms with E-state index in [-0.39, 0.29) is 17.3 Å². The third-order valence-corrected chi connectivity index (χ3v) is 7.09. The number of rotatable bonds is 4. The molecule has 0 bridgehead atoms. The zero-order valence-corrected chi connectivity index (χ0v) is 18.0. The minimum atomic E-state index is -0.620. The molecule has 1 aliphatic carbocycles. The Hall–Kier alpha value is -2.46. The first-order chi connectivity index (χ1) is 13.8. The lowest BCUT2D eigenvalue weighted by atomic mass is 9.89. The van der Waals surface area contributed by atoms with Gasteiger partial charge in [0.05, 0.1) is 5.75 Å². The summed E-state index contributed by atoms with van der Waals surface area (Å²) in [6.45, 7) is 5.69. The monoisotopic (exact) mass is 431 g/mol. The van der Waals surface area contributed by atoms with Gasteiger partial charge in [-0.2, -0.15) is 0 Å². The van der Waals surface area contributed by atoms with Gasteiger partial charge in [0, 0.05) is 16.0 Å². The summed E-state index contributed by atoms with van der Waals surface area (Å²) in [5, 5.41) is 4.46. The SMILES string of the molecule is Cc1nc(SCC(=O)Nc2c(C)[nH]c(=O)[nH]c2=O)c2c3c(sc2n1)CC(C)CC3. The normalized spacial score (nSPS) is 16.0. The number of aromatic nitrogens is 4. The van der Waals surface area contributed by atoms with Gasteiger partial charge in [-0.15, -0.1) is 11.3 Å². The van der Waals surface area contributed by atoms with Crippen LogP contribution in [-0.4, -0.2) is 31.6 Å². The van der Waals surface area contributed by atoms with Crippen LogP contribution in [0, 0.1) is 19.8 Å². The maximum Gasteiger partial charge on any atom is 0.326 e. The van der Waals surface area contributed by atoms with E-state index in [0.717, 1.165) is 34.5 Å². The summed E-state index contributed by atoms with van der Waals surface area (Å²) in [5.41, 5.74) is 0.472. The zero-order valence-electron chi connectivity index (χ0n) is 16.3. The van der Waals surface area contributed by atoms with Gasteiger partial charge in [0.15, 0.2) is 0 Å². The molecule has 0 aliphatic heterocycles. The van der Waals surface area contributed by atoms with E-state index in [1.807, 2.05) is 6.92 Å². The topological polar surface area (TPSA) is 121 Å². The summed E-state index contributed by atoms with van der Waals surface area (Å²) in [6, 6.07) is 0. The van der Waals surface area contributed by atoms with Crippen molar-refractivity contribution in [2.45, 2.75) is 45.1 Å². The van der Waals surface area contributed by atoms with Gasteiger partial charge in [-0.05, 0) is 44.6 Å². The average Bonchev–Trinajstić information content (AvgIpc) is 2.99. The molecule has 0 radical (unpaired) electrons. The van der Waals surface area contributed by atoms with Crippen LogP contribution in [0.4, 0.5) is 5.69 Å². The Kier molecular flexibility index (Phi) is 5.30. The molecule has 1 aliphatic rings. The van der Waals surface area contributed by atoms with Crippen molar-refractivity contribution in [3.8, 4) is 0 Å². The van der Waals surface area contributed by atoms with E-state index in [2.05, 4.69) is 32.2 Å². The number of thioether (sulfide) groups is 1. The van der Waals surface area contributed by atoms with E-state index < -0.39 is 11.2 Å². The summed E-state index contributed by atoms with van der Waals surface area (Å²) in [5.74, 6) is 1.12. The van der Waals surface area contributed by atoms with Crippen LogP contribution >= 0.6 is 23.1 Å². The summed E-state index contributed by atoms with van der Waals surface area (Å²) in [4.78, 5) is 51.8. The molecule has 0 saturated carbocycles. The molecule has 3 aromatic heterocycles. The number of nitrogens with one attached hydrogen (secondary N) is 3. The highest BCUT2D eigenvalue weighted by molar-refractivity contribution is 8.00. The molecular weight excluding hydrogens is 410 g/mol. The Balaban J connectivity index is 1.58. The van der Waals surface area contributed by atoms with E-state index in [4.69, 9.17) is 0 Å². The Morgan fingerprint density at radius 2 is 2.07 bits per heavy atom. The van der Waals surface area contributed by atoms with Gasteiger partial charge in [0.1, 0.15) is 21.4 Å². The Labute approximate surface area is 174 Å². The number of hydrogen-bond acceptors (Lipinski definition) is 7. The average molecular weight is 432 g/mol. The molecule has 1 amide bonds. The van der Waals surface area contributed by atoms with Gasteiger partial charge in [0.25, 0.3) is 5.56 Å². The van der Waals surface area contributed by atoms with Crippen molar-refractivity contribution in [1.82, 2.24) is 19.9 Å². The number of hydrogen-bond donors (Lipinski definition) is 3. The van der Waals surface area contributed by atoms with Crippen LogP contribution in [0.2, 0.25) is 0 Å². The first kappa shape index (κ1) is 19.8. The van der Waals surface area contributed by atoms with E-state index in [1.54, 1.807) is 18.3 Å². The summed E-state index contributed by atoms with van der Waals surface area (Å²) >= 11 is 3.07. The van der Waals surface area contributed by atoms with Gasteiger partial charge in [-0.1, -0.05) is 18.7 Å². The lowest BCUT2D eigenvalue weighted by Crippen LogP contribution is -2.29. The molecule has 0 aromatic carbocycles. The van der Waals surface area contributed by atoms with Crippen LogP contribution in [-0.2, 0) is 17.6 Å². The molecular formula is C19H21N5O3S2. The number of aryl methyl sites for hydroxylation is 3. The van der Waals surface area contributed by atoms with Crippen molar-refractivity contribution in [3.05, 3.63) is 42.8 Å². The van der Waals surface area contributed by atoms with Gasteiger partial charge in [-0.3, -0.25) is 14.6 Å². The van der Waals surface area contributed by atoms with Crippen molar-refractivity contribution < 1.29 is 4.79 Å². The maximum atomic E-state index is 12.4. The Bertz CT molecular complexity index is 1230. The second-order valence-corrected chi connectivity index (χ2v) is 9.40. The molecule has 3 aromatic rings. The van der Waals surface area contributed by atoms with Crippen molar-refractivity contribution in [3.63, 3.8) is 0 Å². The maximum absolute atomic E-state index is 12.4. The third kappa shape index (κ3) is 3.99. The van der Waals surface area contributed by atoms with Crippen LogP contribution in [0.1, 0.15) is 35.3 Å². The number of carbonyl (C=O) groups is 1. The molecule has 0 fully saturated rings. The minimum Gasteiger partial charge on any atom is -0.319 e. The zero-order chi connectivity index (χ0) is 20.7. The van der Waals surface area contributed by atoms with Crippen LogP contribution in [0.15, 0.2) is 14.6 Å². The number of fused-ring (bicyclic) bond motifs is 3. The smallest absolute Gasteiger partial charge is 0.319 e. The van der Waals surface area contributed by atoms with Crippen molar-refractivity contribution in [2.24, 2.45) is 5.92 Å². The van der Waals surface area contributed by atoms with E-state index >= 15 is 0 Å². The molecule has 8 nitrogen and oxygen atoms in total. The highest BCUT2D eigenvalue weighted by atomic mass is 32.2. The van der Waals surface area contributed by atoms with Crippen LogP contribution in [0.5, 0.6) is 0 Å². The Morgan fingerprint density at radius 1 is 1.28 bits per heavy atom. The number of aromatic amines is 2. The van der Waals surface area contributed by atoms with Gasteiger partial charge in [0.2, 0.25) is 5.91 Å². The van der Waals surface area contributed by atoms with Crippen molar-refractivity contribution in [2.75, 3.05) is 11.1 Å². The summed E-state index contributed by atoms with van der Waals surface area (Å²) < 4.78 is 0. The predicted octanol–water partition coefficient (Wildman–Crippen LogP) is 2.54. The summed E-state index contributed by atoms with van der Waals surface area (Å²) in [7, 11) is 0. The fourth-order valence-corrected chi connectivity index (χ4v) is 5.97. The fourth-order valence-electron chi connectivity index (χ4n) is 3.57. The number of amides is 1. The van der Waals surface area contributed by atoms with E-state index in [1.165, 1.54) is 22.2 Å². The Morgan fingerprint density at radius 3 is 2.83 bits per heavy atom. The second-order valence-electron chi connectivity index (χ2n) is 7.35. The number of thiophene rings is 1. The molecule has 4 rings (SSSR count). The van der Waals surface area contributed by atoms with E-state index in [0.29, 0.717) is 17.4 Å². The van der Waals surface area contributed by atoms with Gasteiger partial charge in [-0.25, -0.2) is 14.8 Å². The van der Waals surface area contributed by atoms with Crippen molar-refractivity contribution >= 4 is 44.9 Å². The highest BCUT2D eigenvalue weighted by Gasteiger charge is 2.24. The van der Waals surface area contributed by atoms with Crippen LogP contribution < -0.4 is 16.6 Å². The lowest BCUT2D eigenvalue weighted by Gasteiger charge is -2.18. The van der Waals surface area contributed by atoms with Crippen LogP contribution in [0.25, 0.3) is 10.2 Å². The first-order valence-corrected chi connectivity index (χ1v) is 11.2. The highest BCUT2D eigenvalue weighted by Crippen LogP contribution is 2.40. The molecule has 152 valence electrons. The van der Waals surface area contributed by atoms with Gasteiger partial charge < -0.3 is 10.3 Å². The third-order valence-electron chi connectivity index (χ3n) is 4.97. The minimum absolute atomic E-state index is 0.0566. The quantitative estimate of drug-likeness (QED) is 0.431. The molecule has 1 unspecified atom stereocenters. The predicted molar refractivity (Wildman–Crippen MR) is 115 cm³/mol. The number of carbonyl (C=O) groups excluding carboxylic acids is 1. The molecule has 10 heteroatoms. The number of H-pyrrole nitrogens is 2. The van der Waals surface area contributed by atoms with Crippen molar-refractivity contribution in [1.29, 1.82) is 0 Å². The van der Waals surface area contributed by atoms with E-state index in [9.17, 15) is 14.4 Å². The first-order valence-electron chi connectivity index (χ1n) is 9.36.